The van der Waals surface area contributed by atoms with Crippen molar-refractivity contribution in [1.29, 1.82) is 0 Å². The quantitative estimate of drug-likeness (QED) is 0.220. The maximum Gasteiger partial charge on any atom is 0.326 e. The number of carbonyl (C=O) groups is 4. The van der Waals surface area contributed by atoms with Crippen LogP contribution in [0.5, 0.6) is 5.75 Å². The van der Waals surface area contributed by atoms with Crippen LogP contribution in [-0.2, 0) is 16.0 Å². The molecule has 0 saturated carbocycles. The minimum atomic E-state index is -1.65. The van der Waals surface area contributed by atoms with E-state index in [2.05, 4.69) is 22.9 Å². The topological polar surface area (TPSA) is 154 Å². The molecule has 3 amide bonds. The van der Waals surface area contributed by atoms with Gasteiger partial charge in [-0.2, -0.15) is 0 Å². The van der Waals surface area contributed by atoms with Crippen molar-refractivity contribution in [2.75, 3.05) is 17.7 Å². The summed E-state index contributed by atoms with van der Waals surface area (Å²) in [6, 6.07) is 13.6. The minimum absolute atomic E-state index is 0.0317. The summed E-state index contributed by atoms with van der Waals surface area (Å²) in [5.41, 5.74) is 5.13. The molecule has 3 aromatic carbocycles. The molecule has 0 saturated heterocycles. The smallest absolute Gasteiger partial charge is 0.326 e. The first-order valence-electron chi connectivity index (χ1n) is 12.7. The zero-order chi connectivity index (χ0) is 29.4. The number of anilines is 2. The number of rotatable bonds is 11. The predicted octanol–water partition coefficient (Wildman–Crippen LogP) is 5.23. The van der Waals surface area contributed by atoms with E-state index in [1.165, 1.54) is 11.6 Å². The van der Waals surface area contributed by atoms with Crippen molar-refractivity contribution in [2.45, 2.75) is 46.1 Å². The number of methoxy groups -OCH3 is 1. The number of hydrogen-bond acceptors (Lipinski definition) is 5. The van der Waals surface area contributed by atoms with E-state index in [9.17, 15) is 24.3 Å². The molecule has 3 aromatic rings. The second-order valence-corrected chi connectivity index (χ2v) is 9.38. The molecule has 0 unspecified atom stereocenters. The van der Waals surface area contributed by atoms with Gasteiger partial charge >= 0.3 is 18.0 Å². The van der Waals surface area contributed by atoms with Crippen molar-refractivity contribution in [3.8, 4) is 16.9 Å². The van der Waals surface area contributed by atoms with Gasteiger partial charge in [-0.15, -0.1) is 0 Å². The molecule has 0 radical (unpaired) electrons. The third kappa shape index (κ3) is 7.59. The van der Waals surface area contributed by atoms with Gasteiger partial charge in [0.2, 0.25) is 0 Å². The SMILES string of the molecule is CCCc1cc(C)c(NC(=O)Nc2cc(-c3ccc(OC)cc3)ccc2C(=O)N[C@@H](CC(=O)O)C(=O)O)c(C)c1. The molecule has 210 valence electrons. The molecule has 0 aliphatic heterocycles. The Morgan fingerprint density at radius 1 is 0.875 bits per heavy atom. The number of benzene rings is 3. The molecule has 10 heteroatoms. The summed E-state index contributed by atoms with van der Waals surface area (Å²) >= 11 is 0. The summed E-state index contributed by atoms with van der Waals surface area (Å²) < 4.78 is 5.20. The molecule has 0 aromatic heterocycles. The fourth-order valence-corrected chi connectivity index (χ4v) is 4.37. The van der Waals surface area contributed by atoms with Gasteiger partial charge in [-0.3, -0.25) is 9.59 Å². The van der Waals surface area contributed by atoms with Crippen molar-refractivity contribution < 1.29 is 34.1 Å². The highest BCUT2D eigenvalue weighted by Crippen LogP contribution is 2.29. The van der Waals surface area contributed by atoms with Crippen LogP contribution in [0, 0.1) is 13.8 Å². The summed E-state index contributed by atoms with van der Waals surface area (Å²) in [6.45, 7) is 5.90. The van der Waals surface area contributed by atoms with Gasteiger partial charge < -0.3 is 30.9 Å². The zero-order valence-corrected chi connectivity index (χ0v) is 22.8. The molecule has 0 aliphatic carbocycles. The van der Waals surface area contributed by atoms with Crippen LogP contribution in [0.25, 0.3) is 11.1 Å². The van der Waals surface area contributed by atoms with E-state index in [1.54, 1.807) is 31.4 Å². The van der Waals surface area contributed by atoms with E-state index in [1.807, 2.05) is 38.1 Å². The van der Waals surface area contributed by atoms with Crippen molar-refractivity contribution >= 4 is 35.3 Å². The van der Waals surface area contributed by atoms with Crippen LogP contribution in [0.2, 0.25) is 0 Å². The Morgan fingerprint density at radius 3 is 2.05 bits per heavy atom. The van der Waals surface area contributed by atoms with Crippen LogP contribution >= 0.6 is 0 Å². The van der Waals surface area contributed by atoms with Crippen LogP contribution < -0.4 is 20.7 Å². The highest BCUT2D eigenvalue weighted by atomic mass is 16.5. The summed E-state index contributed by atoms with van der Waals surface area (Å²) in [6.07, 6.45) is 1.11. The highest BCUT2D eigenvalue weighted by Gasteiger charge is 2.25. The molecule has 0 heterocycles. The summed E-state index contributed by atoms with van der Waals surface area (Å²) in [4.78, 5) is 48.8. The van der Waals surface area contributed by atoms with Gasteiger partial charge in [-0.25, -0.2) is 9.59 Å². The summed E-state index contributed by atoms with van der Waals surface area (Å²) in [7, 11) is 1.55. The average molecular weight is 548 g/mol. The molecular formula is C30H33N3O7. The van der Waals surface area contributed by atoms with Crippen LogP contribution in [0.4, 0.5) is 16.2 Å². The van der Waals surface area contributed by atoms with E-state index in [4.69, 9.17) is 9.84 Å². The number of carboxylic acids is 2. The number of amides is 3. The molecule has 0 aliphatic rings. The van der Waals surface area contributed by atoms with Crippen molar-refractivity contribution in [3.63, 3.8) is 0 Å². The number of aliphatic carboxylic acids is 2. The van der Waals surface area contributed by atoms with Gasteiger partial charge in [0, 0.05) is 5.69 Å². The van der Waals surface area contributed by atoms with E-state index in [-0.39, 0.29) is 11.3 Å². The van der Waals surface area contributed by atoms with E-state index in [0.29, 0.717) is 17.0 Å². The van der Waals surface area contributed by atoms with Gasteiger partial charge in [-0.1, -0.05) is 43.7 Å². The maximum absolute atomic E-state index is 13.1. The molecule has 1 atom stereocenters. The number of carbonyl (C=O) groups excluding carboxylic acids is 2. The second-order valence-electron chi connectivity index (χ2n) is 9.38. The van der Waals surface area contributed by atoms with E-state index >= 15 is 0 Å². The standard InChI is InChI=1S/C30H33N3O7/c1-5-6-19-13-17(2)27(18(3)14-19)33-30(39)32-24-15-21(20-7-10-22(40-4)11-8-20)9-12-23(24)28(36)31-25(29(37)38)16-26(34)35/h7-15,25H,5-6,16H2,1-4H3,(H,31,36)(H,34,35)(H,37,38)(H2,32,33,39)/t25-/m0/s1. The lowest BCUT2D eigenvalue weighted by Crippen LogP contribution is -2.42. The summed E-state index contributed by atoms with van der Waals surface area (Å²) in [5.74, 6) is -3.06. The van der Waals surface area contributed by atoms with Crippen LogP contribution in [-0.4, -0.2) is 47.2 Å². The molecule has 0 bridgehead atoms. The van der Waals surface area contributed by atoms with Gasteiger partial charge in [0.15, 0.2) is 0 Å². The van der Waals surface area contributed by atoms with Crippen LogP contribution in [0.3, 0.4) is 0 Å². The number of hydrogen-bond donors (Lipinski definition) is 5. The van der Waals surface area contributed by atoms with E-state index < -0.39 is 36.3 Å². The number of urea groups is 1. The molecule has 5 N–H and O–H groups in total. The van der Waals surface area contributed by atoms with E-state index in [0.717, 1.165) is 29.5 Å². The Morgan fingerprint density at radius 2 is 1.50 bits per heavy atom. The maximum atomic E-state index is 13.1. The molecule has 0 spiro atoms. The monoisotopic (exact) mass is 547 g/mol. The fourth-order valence-electron chi connectivity index (χ4n) is 4.37. The van der Waals surface area contributed by atoms with Gasteiger partial charge in [0.1, 0.15) is 11.8 Å². The minimum Gasteiger partial charge on any atom is -0.497 e. The normalized spacial score (nSPS) is 11.3. The van der Waals surface area contributed by atoms with Gasteiger partial charge in [0.05, 0.1) is 24.8 Å². The molecule has 40 heavy (non-hydrogen) atoms. The molecular weight excluding hydrogens is 514 g/mol. The van der Waals surface area contributed by atoms with Gasteiger partial charge in [-0.05, 0) is 72.4 Å². The van der Waals surface area contributed by atoms with Crippen molar-refractivity contribution in [2.24, 2.45) is 0 Å². The Hall–Kier alpha value is -4.86. The largest absolute Gasteiger partial charge is 0.497 e. The number of nitrogens with one attached hydrogen (secondary N) is 3. The summed E-state index contributed by atoms with van der Waals surface area (Å²) in [5, 5.41) is 26.2. The predicted molar refractivity (Wildman–Crippen MR) is 152 cm³/mol. The number of carboxylic acid groups (broad SMARTS) is 2. The van der Waals surface area contributed by atoms with Crippen LogP contribution in [0.1, 0.15) is 46.8 Å². The first kappa shape index (κ1) is 29.7. The third-order valence-corrected chi connectivity index (χ3v) is 6.29. The number of ether oxygens (including phenoxy) is 1. The lowest BCUT2D eigenvalue weighted by atomic mass is 10.0. The molecule has 10 nitrogen and oxygen atoms in total. The van der Waals surface area contributed by atoms with Gasteiger partial charge in [0.25, 0.3) is 5.91 Å². The average Bonchev–Trinajstić information content (AvgIpc) is 2.90. The Kier molecular flexibility index (Phi) is 9.86. The third-order valence-electron chi connectivity index (χ3n) is 6.29. The Labute approximate surface area is 232 Å². The first-order chi connectivity index (χ1) is 19.0. The van der Waals surface area contributed by atoms with Crippen molar-refractivity contribution in [1.82, 2.24) is 5.32 Å². The fraction of sp³-hybridized carbons (Fsp3) is 0.267. The zero-order valence-electron chi connectivity index (χ0n) is 22.8. The van der Waals surface area contributed by atoms with Crippen molar-refractivity contribution in [3.05, 3.63) is 76.9 Å². The van der Waals surface area contributed by atoms with Crippen LogP contribution in [0.15, 0.2) is 54.6 Å². The lowest BCUT2D eigenvalue weighted by Gasteiger charge is -2.18. The molecule has 0 fully saturated rings. The Bertz CT molecular complexity index is 1390. The lowest BCUT2D eigenvalue weighted by molar-refractivity contribution is -0.145. The number of aryl methyl sites for hydroxylation is 3. The highest BCUT2D eigenvalue weighted by molar-refractivity contribution is 6.08. The second kappa shape index (κ2) is 13.3. The first-order valence-corrected chi connectivity index (χ1v) is 12.7. The molecule has 3 rings (SSSR count). The Balaban J connectivity index is 1.95.